The fourth-order valence-corrected chi connectivity index (χ4v) is 1.94. The van der Waals surface area contributed by atoms with Crippen molar-refractivity contribution in [2.75, 3.05) is 0 Å². The Morgan fingerprint density at radius 1 is 1.00 bits per heavy atom. The van der Waals surface area contributed by atoms with E-state index in [0.29, 0.717) is 28.9 Å². The summed E-state index contributed by atoms with van der Waals surface area (Å²) in [6.07, 6.45) is -0.753. The van der Waals surface area contributed by atoms with Gasteiger partial charge in [0.15, 0.2) is 6.29 Å². The molecule has 0 amide bonds. The minimum atomic E-state index is -4.38. The van der Waals surface area contributed by atoms with Crippen LogP contribution in [0, 0.1) is 0 Å². The van der Waals surface area contributed by atoms with E-state index in [2.05, 4.69) is 15.3 Å². The number of halogens is 3. The summed E-state index contributed by atoms with van der Waals surface area (Å²) in [4.78, 5) is 14.7. The molecule has 0 saturated carbocycles. The largest absolute Gasteiger partial charge is 0.416 e. The summed E-state index contributed by atoms with van der Waals surface area (Å²) in [6.45, 7) is 0. The number of aldehydes is 1. The van der Waals surface area contributed by atoms with Gasteiger partial charge in [-0.05, 0) is 36.4 Å². The van der Waals surface area contributed by atoms with Crippen LogP contribution in [-0.2, 0) is 6.18 Å². The normalized spacial score (nSPS) is 11.4. The maximum Gasteiger partial charge on any atom is 0.416 e. The number of benzene rings is 1. The van der Waals surface area contributed by atoms with Crippen LogP contribution in [0.2, 0.25) is 0 Å². The predicted octanol–water partition coefficient (Wildman–Crippen LogP) is 3.16. The molecule has 0 aliphatic heterocycles. The molecule has 0 fully saturated rings. The Kier molecular flexibility index (Phi) is 3.65. The third kappa shape index (κ3) is 3.10. The molecule has 116 valence electrons. The second-order valence-electron chi connectivity index (χ2n) is 4.69. The van der Waals surface area contributed by atoms with Crippen LogP contribution in [0.4, 0.5) is 13.2 Å². The van der Waals surface area contributed by atoms with Gasteiger partial charge < -0.3 is 0 Å². The third-order valence-corrected chi connectivity index (χ3v) is 3.14. The molecule has 1 aromatic carbocycles. The molecular formula is C15H9F3N4O. The van der Waals surface area contributed by atoms with E-state index in [1.54, 1.807) is 18.3 Å². The average Bonchev–Trinajstić information content (AvgIpc) is 3.04. The number of hydrogen-bond acceptors (Lipinski definition) is 4. The zero-order valence-electron chi connectivity index (χ0n) is 11.5. The van der Waals surface area contributed by atoms with Gasteiger partial charge >= 0.3 is 6.18 Å². The summed E-state index contributed by atoms with van der Waals surface area (Å²) in [6, 6.07) is 7.79. The molecule has 3 aromatic rings. The molecule has 0 aliphatic carbocycles. The van der Waals surface area contributed by atoms with Crippen molar-refractivity contribution in [1.82, 2.24) is 20.0 Å². The zero-order valence-corrected chi connectivity index (χ0v) is 11.5. The Labute approximate surface area is 128 Å². The van der Waals surface area contributed by atoms with E-state index in [-0.39, 0.29) is 0 Å². The second kappa shape index (κ2) is 5.64. The van der Waals surface area contributed by atoms with E-state index < -0.39 is 11.7 Å². The van der Waals surface area contributed by atoms with Crippen LogP contribution in [0.15, 0.2) is 48.8 Å². The van der Waals surface area contributed by atoms with Crippen molar-refractivity contribution in [2.45, 2.75) is 6.18 Å². The van der Waals surface area contributed by atoms with Crippen LogP contribution in [-0.4, -0.2) is 26.3 Å². The van der Waals surface area contributed by atoms with Crippen LogP contribution >= 0.6 is 0 Å². The monoisotopic (exact) mass is 318 g/mol. The van der Waals surface area contributed by atoms with E-state index in [1.807, 2.05) is 0 Å². The lowest BCUT2D eigenvalue weighted by atomic mass is 10.2. The van der Waals surface area contributed by atoms with E-state index >= 15 is 0 Å². The first-order valence-corrected chi connectivity index (χ1v) is 6.49. The van der Waals surface area contributed by atoms with Gasteiger partial charge in [0.25, 0.3) is 0 Å². The predicted molar refractivity (Wildman–Crippen MR) is 75.0 cm³/mol. The summed E-state index contributed by atoms with van der Waals surface area (Å²) in [5.74, 6) is 0. The van der Waals surface area contributed by atoms with E-state index in [0.717, 1.165) is 12.1 Å². The van der Waals surface area contributed by atoms with E-state index in [4.69, 9.17) is 0 Å². The molecule has 0 N–H and O–H groups in total. The minimum Gasteiger partial charge on any atom is -0.298 e. The molecule has 23 heavy (non-hydrogen) atoms. The average molecular weight is 318 g/mol. The van der Waals surface area contributed by atoms with Crippen molar-refractivity contribution in [1.29, 1.82) is 0 Å². The number of nitrogens with zero attached hydrogens (tertiary/aromatic N) is 4. The van der Waals surface area contributed by atoms with Crippen LogP contribution < -0.4 is 0 Å². The highest BCUT2D eigenvalue weighted by atomic mass is 19.4. The van der Waals surface area contributed by atoms with Crippen molar-refractivity contribution in [3.63, 3.8) is 0 Å². The first-order valence-electron chi connectivity index (χ1n) is 6.49. The van der Waals surface area contributed by atoms with E-state index in [1.165, 1.54) is 23.0 Å². The van der Waals surface area contributed by atoms with E-state index in [9.17, 15) is 18.0 Å². The van der Waals surface area contributed by atoms with Gasteiger partial charge in [-0.25, -0.2) is 4.68 Å². The van der Waals surface area contributed by atoms with Gasteiger partial charge in [0.1, 0.15) is 5.69 Å². The molecule has 0 unspecified atom stereocenters. The molecule has 0 bridgehead atoms. The molecule has 0 aliphatic rings. The minimum absolute atomic E-state index is 0.434. The maximum absolute atomic E-state index is 12.5. The Morgan fingerprint density at radius 2 is 1.74 bits per heavy atom. The maximum atomic E-state index is 12.5. The van der Waals surface area contributed by atoms with Crippen LogP contribution in [0.25, 0.3) is 17.1 Å². The summed E-state index contributed by atoms with van der Waals surface area (Å²) < 4.78 is 39.0. The highest BCUT2D eigenvalue weighted by Crippen LogP contribution is 2.29. The number of hydrogen-bond donors (Lipinski definition) is 0. The molecule has 3 rings (SSSR count). The van der Waals surface area contributed by atoms with Crippen molar-refractivity contribution < 1.29 is 18.0 Å². The SMILES string of the molecule is O=Cc1ccc(-c2cn(-c3ccc(C(F)(F)F)cc3)nn2)nc1. The molecule has 0 saturated heterocycles. The fraction of sp³-hybridized carbons (Fsp3) is 0.0667. The lowest BCUT2D eigenvalue weighted by Gasteiger charge is -2.07. The number of alkyl halides is 3. The van der Waals surface area contributed by atoms with Gasteiger partial charge in [-0.3, -0.25) is 9.78 Å². The van der Waals surface area contributed by atoms with Crippen LogP contribution in [0.5, 0.6) is 0 Å². The van der Waals surface area contributed by atoms with Gasteiger partial charge in [-0.1, -0.05) is 5.21 Å². The van der Waals surface area contributed by atoms with Gasteiger partial charge in [-0.15, -0.1) is 5.10 Å². The smallest absolute Gasteiger partial charge is 0.298 e. The molecule has 0 spiro atoms. The quantitative estimate of drug-likeness (QED) is 0.696. The molecule has 8 heteroatoms. The van der Waals surface area contributed by atoms with Crippen LogP contribution in [0.1, 0.15) is 15.9 Å². The Balaban J connectivity index is 1.87. The number of carbonyl (C=O) groups is 1. The van der Waals surface area contributed by atoms with Crippen LogP contribution in [0.3, 0.4) is 0 Å². The van der Waals surface area contributed by atoms with Gasteiger partial charge in [0.05, 0.1) is 23.1 Å². The molecule has 2 aromatic heterocycles. The second-order valence-corrected chi connectivity index (χ2v) is 4.69. The van der Waals surface area contributed by atoms with Crippen molar-refractivity contribution >= 4 is 6.29 Å². The molecule has 2 heterocycles. The van der Waals surface area contributed by atoms with Crippen molar-refractivity contribution in [3.05, 3.63) is 59.9 Å². The summed E-state index contributed by atoms with van der Waals surface area (Å²) in [5.41, 5.74) is 1.11. The standard InChI is InChI=1S/C15H9F3N4O/c16-15(17,18)11-2-4-12(5-3-11)22-8-14(20-21-22)13-6-1-10(9-23)7-19-13/h1-9H. The fourth-order valence-electron chi connectivity index (χ4n) is 1.94. The molecular weight excluding hydrogens is 309 g/mol. The number of aromatic nitrogens is 4. The van der Waals surface area contributed by atoms with Gasteiger partial charge in [0.2, 0.25) is 0 Å². The van der Waals surface area contributed by atoms with Gasteiger partial charge in [-0.2, -0.15) is 13.2 Å². The Morgan fingerprint density at radius 3 is 2.30 bits per heavy atom. The summed E-state index contributed by atoms with van der Waals surface area (Å²) >= 11 is 0. The lowest BCUT2D eigenvalue weighted by molar-refractivity contribution is -0.137. The number of rotatable bonds is 3. The summed E-state index contributed by atoms with van der Waals surface area (Å²) in [5, 5.41) is 7.80. The zero-order chi connectivity index (χ0) is 16.4. The third-order valence-electron chi connectivity index (χ3n) is 3.14. The highest BCUT2D eigenvalue weighted by molar-refractivity contribution is 5.74. The van der Waals surface area contributed by atoms with Crippen molar-refractivity contribution in [3.8, 4) is 17.1 Å². The lowest BCUT2D eigenvalue weighted by Crippen LogP contribution is -2.05. The van der Waals surface area contributed by atoms with Crippen molar-refractivity contribution in [2.24, 2.45) is 0 Å². The first-order chi connectivity index (χ1) is 11.0. The molecule has 0 atom stereocenters. The highest BCUT2D eigenvalue weighted by Gasteiger charge is 2.30. The molecule has 0 radical (unpaired) electrons. The Bertz CT molecular complexity index is 823. The molecule has 5 nitrogen and oxygen atoms in total. The Hall–Kier alpha value is -3.03. The number of pyridine rings is 1. The topological polar surface area (TPSA) is 60.7 Å². The summed E-state index contributed by atoms with van der Waals surface area (Å²) in [7, 11) is 0. The number of carbonyl (C=O) groups excluding carboxylic acids is 1. The van der Waals surface area contributed by atoms with Gasteiger partial charge in [0, 0.05) is 11.8 Å². The first kappa shape index (κ1) is 14.9.